The molecule has 0 radical (unpaired) electrons. The van der Waals surface area contributed by atoms with E-state index in [4.69, 9.17) is 9.39 Å². The van der Waals surface area contributed by atoms with Crippen LogP contribution in [0.5, 0.6) is 0 Å². The van der Waals surface area contributed by atoms with Crippen LogP contribution >= 0.6 is 0 Å². The van der Waals surface area contributed by atoms with Crippen molar-refractivity contribution in [2.75, 3.05) is 6.54 Å². The Hall–Kier alpha value is -0.785. The zero-order valence-corrected chi connectivity index (χ0v) is 14.8. The highest BCUT2D eigenvalue weighted by molar-refractivity contribution is 6.45. The first-order valence-corrected chi connectivity index (χ1v) is 7.82. The van der Waals surface area contributed by atoms with Crippen LogP contribution in [0.15, 0.2) is 0 Å². The number of likely N-dealkylation sites (tertiary alicyclic amines) is 1. The zero-order chi connectivity index (χ0) is 17.3. The van der Waals surface area contributed by atoms with Crippen LogP contribution in [-0.4, -0.2) is 57.5 Å². The van der Waals surface area contributed by atoms with Gasteiger partial charge in [-0.25, -0.2) is 4.79 Å². The summed E-state index contributed by atoms with van der Waals surface area (Å²) < 4.78 is 11.0. The molecular formula is C15H30BNO5. The van der Waals surface area contributed by atoms with Crippen LogP contribution in [0.3, 0.4) is 0 Å². The van der Waals surface area contributed by atoms with Crippen molar-refractivity contribution in [3.8, 4) is 0 Å². The second-order valence-electron chi connectivity index (χ2n) is 7.96. The minimum atomic E-state index is -1.17. The van der Waals surface area contributed by atoms with Gasteiger partial charge in [0.25, 0.3) is 0 Å². The molecule has 2 N–H and O–H groups in total. The van der Waals surface area contributed by atoms with E-state index in [1.807, 2.05) is 0 Å². The molecule has 1 atom stereocenters. The molecule has 1 amide bonds. The summed E-state index contributed by atoms with van der Waals surface area (Å²) >= 11 is 0. The Balaban J connectivity index is 2.76. The first-order valence-electron chi connectivity index (χ1n) is 7.82. The molecule has 1 unspecified atom stereocenters. The molecule has 1 heterocycles. The Bertz CT molecular complexity index is 400. The molecule has 0 spiro atoms. The van der Waals surface area contributed by atoms with Crippen LogP contribution < -0.4 is 0 Å². The molecule has 1 aliphatic heterocycles. The minimum Gasteiger partial charge on any atom is -0.444 e. The van der Waals surface area contributed by atoms with Gasteiger partial charge in [-0.2, -0.15) is 0 Å². The topological polar surface area (TPSA) is 79.2 Å². The molecule has 7 heteroatoms. The van der Waals surface area contributed by atoms with Crippen molar-refractivity contribution >= 4 is 13.2 Å². The second-order valence-corrected chi connectivity index (χ2v) is 7.96. The van der Waals surface area contributed by atoms with Crippen molar-refractivity contribution in [1.82, 2.24) is 4.90 Å². The zero-order valence-electron chi connectivity index (χ0n) is 14.8. The van der Waals surface area contributed by atoms with Crippen LogP contribution in [0.25, 0.3) is 0 Å². The SMILES string of the molecule is CC(C)(C)OC(=O)N1CCCC1B(O)OC(C)(C)C(C)(C)O. The molecule has 128 valence electrons. The van der Waals surface area contributed by atoms with Crippen LogP contribution in [-0.2, 0) is 9.39 Å². The lowest BCUT2D eigenvalue weighted by atomic mass is 9.74. The average molecular weight is 315 g/mol. The van der Waals surface area contributed by atoms with Gasteiger partial charge < -0.3 is 24.4 Å². The number of ether oxygens (including phenoxy) is 1. The van der Waals surface area contributed by atoms with Crippen molar-refractivity contribution in [2.45, 2.75) is 84.1 Å². The van der Waals surface area contributed by atoms with Crippen LogP contribution in [0.2, 0.25) is 0 Å². The predicted octanol–water partition coefficient (Wildman–Crippen LogP) is 1.97. The monoisotopic (exact) mass is 315 g/mol. The number of carbonyl (C=O) groups excluding carboxylic acids is 1. The fraction of sp³-hybridized carbons (Fsp3) is 0.933. The Morgan fingerprint density at radius 3 is 2.18 bits per heavy atom. The largest absolute Gasteiger partial charge is 0.479 e. The fourth-order valence-electron chi connectivity index (χ4n) is 2.16. The molecule has 6 nitrogen and oxygen atoms in total. The number of hydrogen-bond acceptors (Lipinski definition) is 5. The normalized spacial score (nSPS) is 20.2. The lowest BCUT2D eigenvalue weighted by Gasteiger charge is -2.40. The van der Waals surface area contributed by atoms with E-state index in [2.05, 4.69) is 0 Å². The summed E-state index contributed by atoms with van der Waals surface area (Å²) in [6, 6.07) is 0. The van der Waals surface area contributed by atoms with Crippen molar-refractivity contribution in [3.05, 3.63) is 0 Å². The van der Waals surface area contributed by atoms with E-state index in [1.54, 1.807) is 48.5 Å². The van der Waals surface area contributed by atoms with Crippen molar-refractivity contribution in [1.29, 1.82) is 0 Å². The third-order valence-corrected chi connectivity index (χ3v) is 4.15. The number of nitrogens with zero attached hydrogens (tertiary/aromatic N) is 1. The summed E-state index contributed by atoms with van der Waals surface area (Å²) in [7, 11) is -1.17. The first-order chi connectivity index (χ1) is 9.74. The highest BCUT2D eigenvalue weighted by atomic mass is 16.6. The maximum absolute atomic E-state index is 12.2. The molecular weight excluding hydrogens is 285 g/mol. The van der Waals surface area contributed by atoms with E-state index in [1.165, 1.54) is 4.90 Å². The summed E-state index contributed by atoms with van der Waals surface area (Å²) in [6.07, 6.45) is 0.981. The van der Waals surface area contributed by atoms with E-state index >= 15 is 0 Å². The third kappa shape index (κ3) is 4.86. The molecule has 0 saturated carbocycles. The van der Waals surface area contributed by atoms with E-state index in [-0.39, 0.29) is 0 Å². The molecule has 1 rings (SSSR count). The molecule has 0 aromatic carbocycles. The predicted molar refractivity (Wildman–Crippen MR) is 85.4 cm³/mol. The number of carbonyl (C=O) groups is 1. The van der Waals surface area contributed by atoms with Crippen LogP contribution in [0, 0.1) is 0 Å². The summed E-state index contributed by atoms with van der Waals surface area (Å²) in [6.45, 7) is 12.6. The minimum absolute atomic E-state index is 0.446. The van der Waals surface area contributed by atoms with Crippen LogP contribution in [0.4, 0.5) is 4.79 Å². The van der Waals surface area contributed by atoms with Crippen LogP contribution in [0.1, 0.15) is 61.3 Å². The number of rotatable bonds is 4. The van der Waals surface area contributed by atoms with Gasteiger partial charge in [0.05, 0.1) is 17.1 Å². The Labute approximate surface area is 133 Å². The van der Waals surface area contributed by atoms with Gasteiger partial charge in [-0.3, -0.25) is 0 Å². The Morgan fingerprint density at radius 2 is 1.73 bits per heavy atom. The molecule has 22 heavy (non-hydrogen) atoms. The van der Waals surface area contributed by atoms with Gasteiger partial charge in [-0.05, 0) is 61.3 Å². The van der Waals surface area contributed by atoms with Gasteiger partial charge in [-0.1, -0.05) is 0 Å². The third-order valence-electron chi connectivity index (χ3n) is 4.15. The van der Waals surface area contributed by atoms with Crippen molar-refractivity contribution < 1.29 is 24.3 Å². The van der Waals surface area contributed by atoms with Gasteiger partial charge in [0.2, 0.25) is 0 Å². The molecule has 0 aliphatic carbocycles. The van der Waals surface area contributed by atoms with E-state index in [9.17, 15) is 14.9 Å². The van der Waals surface area contributed by atoms with Gasteiger partial charge in [0.1, 0.15) is 5.60 Å². The van der Waals surface area contributed by atoms with Gasteiger partial charge in [0, 0.05) is 6.54 Å². The fourth-order valence-corrected chi connectivity index (χ4v) is 2.16. The summed E-state index contributed by atoms with van der Waals surface area (Å²) in [5.74, 6) is -0.462. The molecule has 1 aliphatic rings. The standard InChI is InChI=1S/C15H30BNO5/c1-13(2,3)21-12(18)17-10-8-9-11(17)16(20)22-15(6,7)14(4,5)19/h11,19-20H,8-10H2,1-7H3. The summed E-state index contributed by atoms with van der Waals surface area (Å²) in [5.41, 5.74) is -2.65. The second kappa shape index (κ2) is 6.38. The lowest BCUT2D eigenvalue weighted by Crippen LogP contribution is -2.56. The Morgan fingerprint density at radius 1 is 1.18 bits per heavy atom. The summed E-state index contributed by atoms with van der Waals surface area (Å²) in [5, 5.41) is 20.5. The van der Waals surface area contributed by atoms with Gasteiger partial charge in [-0.15, -0.1) is 0 Å². The van der Waals surface area contributed by atoms with Crippen molar-refractivity contribution in [3.63, 3.8) is 0 Å². The maximum Gasteiger partial charge on any atom is 0.479 e. The Kier molecular flexibility index (Phi) is 5.58. The number of amides is 1. The molecule has 0 bridgehead atoms. The highest BCUT2D eigenvalue weighted by Crippen LogP contribution is 2.29. The molecule has 0 aromatic heterocycles. The van der Waals surface area contributed by atoms with Gasteiger partial charge in [0.15, 0.2) is 0 Å². The average Bonchev–Trinajstić information content (AvgIpc) is 2.72. The molecule has 1 saturated heterocycles. The van der Waals surface area contributed by atoms with E-state index in [0.717, 1.165) is 6.42 Å². The first kappa shape index (κ1) is 19.3. The number of aliphatic hydroxyl groups is 1. The van der Waals surface area contributed by atoms with Gasteiger partial charge >= 0.3 is 13.2 Å². The highest BCUT2D eigenvalue weighted by Gasteiger charge is 2.46. The van der Waals surface area contributed by atoms with E-state index < -0.39 is 36.0 Å². The van der Waals surface area contributed by atoms with Crippen molar-refractivity contribution in [2.24, 2.45) is 0 Å². The maximum atomic E-state index is 12.2. The smallest absolute Gasteiger partial charge is 0.444 e. The molecule has 0 aromatic rings. The molecule has 1 fully saturated rings. The lowest BCUT2D eigenvalue weighted by molar-refractivity contribution is -0.102. The van der Waals surface area contributed by atoms with E-state index in [0.29, 0.717) is 13.0 Å². The summed E-state index contributed by atoms with van der Waals surface area (Å²) in [4.78, 5) is 13.7. The quantitative estimate of drug-likeness (QED) is 0.776. The number of hydrogen-bond donors (Lipinski definition) is 2.